The molecule has 1 amide bonds. The van der Waals surface area contributed by atoms with Gasteiger partial charge in [-0.25, -0.2) is 0 Å². The van der Waals surface area contributed by atoms with Gasteiger partial charge in [-0.2, -0.15) is 0 Å². The second kappa shape index (κ2) is 5.33. The molecule has 0 radical (unpaired) electrons. The van der Waals surface area contributed by atoms with Gasteiger partial charge in [-0.3, -0.25) is 9.69 Å². The zero-order valence-corrected chi connectivity index (χ0v) is 11.6. The number of amides is 1. The first-order valence-corrected chi connectivity index (χ1v) is 7.44. The number of benzene rings is 1. The maximum absolute atomic E-state index is 12.7. The van der Waals surface area contributed by atoms with Crippen molar-refractivity contribution in [3.05, 3.63) is 35.9 Å². The Morgan fingerprint density at radius 2 is 2.05 bits per heavy atom. The molecule has 2 heterocycles. The summed E-state index contributed by atoms with van der Waals surface area (Å²) in [5, 5.41) is 0. The first-order chi connectivity index (χ1) is 9.33. The maximum Gasteiger partial charge on any atom is 0.245 e. The van der Waals surface area contributed by atoms with Crippen molar-refractivity contribution < 1.29 is 4.79 Å². The van der Waals surface area contributed by atoms with E-state index >= 15 is 0 Å². The minimum absolute atomic E-state index is 0.0365. The zero-order chi connectivity index (χ0) is 13.2. The summed E-state index contributed by atoms with van der Waals surface area (Å²) in [6.45, 7) is 4.15. The Bertz CT molecular complexity index is 445. The van der Waals surface area contributed by atoms with Crippen LogP contribution in [-0.2, 0) is 4.79 Å². The van der Waals surface area contributed by atoms with E-state index in [1.54, 1.807) is 0 Å². The number of unbranched alkanes of at least 4 members (excludes halogenated alkanes) is 1. The minimum atomic E-state index is -0.0365. The van der Waals surface area contributed by atoms with Gasteiger partial charge in [-0.05, 0) is 24.8 Å². The fourth-order valence-electron chi connectivity index (χ4n) is 3.41. The molecule has 2 aliphatic heterocycles. The molecule has 2 atom stereocenters. The highest BCUT2D eigenvalue weighted by Gasteiger charge is 2.48. The van der Waals surface area contributed by atoms with E-state index in [4.69, 9.17) is 0 Å². The van der Waals surface area contributed by atoms with E-state index in [1.165, 1.54) is 6.42 Å². The molecule has 19 heavy (non-hydrogen) atoms. The van der Waals surface area contributed by atoms with Gasteiger partial charge in [-0.1, -0.05) is 43.7 Å². The van der Waals surface area contributed by atoms with E-state index in [-0.39, 0.29) is 6.04 Å². The highest BCUT2D eigenvalue weighted by Crippen LogP contribution is 2.39. The summed E-state index contributed by atoms with van der Waals surface area (Å²) in [7, 11) is 0. The summed E-state index contributed by atoms with van der Waals surface area (Å²) >= 11 is 0. The number of hydrogen-bond donors (Lipinski definition) is 0. The maximum atomic E-state index is 12.7. The van der Waals surface area contributed by atoms with E-state index in [0.29, 0.717) is 12.1 Å². The molecule has 0 aliphatic carbocycles. The van der Waals surface area contributed by atoms with Crippen LogP contribution in [0.1, 0.15) is 44.2 Å². The summed E-state index contributed by atoms with van der Waals surface area (Å²) in [5.74, 6) is 0.310. The van der Waals surface area contributed by atoms with Gasteiger partial charge in [0.25, 0.3) is 0 Å². The standard InChI is InChI=1S/C16H22N2O/c1-2-3-11-18-14-10-7-12-17(14)15(16(18)19)13-8-5-4-6-9-13/h4-6,8-9,14-15H,2-3,7,10-12H2,1H3/t14-,15+/m0/s1. The average Bonchev–Trinajstić information content (AvgIpc) is 2.98. The molecule has 0 N–H and O–H groups in total. The summed E-state index contributed by atoms with van der Waals surface area (Å²) in [6, 6.07) is 10.2. The number of rotatable bonds is 4. The third kappa shape index (κ3) is 2.16. The topological polar surface area (TPSA) is 23.6 Å². The van der Waals surface area contributed by atoms with Gasteiger partial charge in [0, 0.05) is 13.1 Å². The van der Waals surface area contributed by atoms with Crippen LogP contribution in [0.15, 0.2) is 30.3 Å². The van der Waals surface area contributed by atoms with Crippen LogP contribution in [0, 0.1) is 0 Å². The lowest BCUT2D eigenvalue weighted by atomic mass is 10.1. The molecule has 0 bridgehead atoms. The molecule has 2 aliphatic rings. The van der Waals surface area contributed by atoms with Gasteiger partial charge in [0.15, 0.2) is 0 Å². The lowest BCUT2D eigenvalue weighted by molar-refractivity contribution is -0.130. The molecule has 1 aromatic carbocycles. The van der Waals surface area contributed by atoms with Crippen LogP contribution >= 0.6 is 0 Å². The first-order valence-electron chi connectivity index (χ1n) is 7.44. The number of carbonyl (C=O) groups is 1. The van der Waals surface area contributed by atoms with Gasteiger partial charge in [-0.15, -0.1) is 0 Å². The number of fused-ring (bicyclic) bond motifs is 1. The van der Waals surface area contributed by atoms with Crippen LogP contribution in [0.3, 0.4) is 0 Å². The van der Waals surface area contributed by atoms with E-state index in [1.807, 2.05) is 18.2 Å². The molecule has 0 aromatic heterocycles. The first kappa shape index (κ1) is 12.7. The van der Waals surface area contributed by atoms with Crippen molar-refractivity contribution in [2.24, 2.45) is 0 Å². The molecule has 1 aromatic rings. The van der Waals surface area contributed by atoms with E-state index in [9.17, 15) is 4.79 Å². The lowest BCUT2D eigenvalue weighted by Crippen LogP contribution is -2.36. The number of hydrogen-bond acceptors (Lipinski definition) is 2. The second-order valence-electron chi connectivity index (χ2n) is 5.56. The smallest absolute Gasteiger partial charge is 0.245 e. The molecule has 3 nitrogen and oxygen atoms in total. The minimum Gasteiger partial charge on any atom is -0.325 e. The Labute approximate surface area is 115 Å². The van der Waals surface area contributed by atoms with Gasteiger partial charge in [0.2, 0.25) is 5.91 Å². The van der Waals surface area contributed by atoms with Crippen LogP contribution in [-0.4, -0.2) is 35.0 Å². The molecule has 3 heteroatoms. The predicted molar refractivity (Wildman–Crippen MR) is 75.5 cm³/mol. The van der Waals surface area contributed by atoms with Crippen LogP contribution in [0.5, 0.6) is 0 Å². The molecule has 2 fully saturated rings. The summed E-state index contributed by atoms with van der Waals surface area (Å²) in [4.78, 5) is 17.2. The normalized spacial score (nSPS) is 27.0. The van der Waals surface area contributed by atoms with Crippen molar-refractivity contribution in [2.75, 3.05) is 13.1 Å². The van der Waals surface area contributed by atoms with Crippen LogP contribution < -0.4 is 0 Å². The molecule has 102 valence electrons. The number of nitrogens with zero attached hydrogens (tertiary/aromatic N) is 2. The molecule has 0 unspecified atom stereocenters. The van der Waals surface area contributed by atoms with Gasteiger partial charge in [0.05, 0.1) is 6.17 Å². The largest absolute Gasteiger partial charge is 0.325 e. The van der Waals surface area contributed by atoms with Crippen molar-refractivity contribution in [1.29, 1.82) is 0 Å². The van der Waals surface area contributed by atoms with Crippen LogP contribution in [0.4, 0.5) is 0 Å². The Kier molecular flexibility index (Phi) is 3.56. The highest BCUT2D eigenvalue weighted by molar-refractivity contribution is 5.85. The molecule has 3 rings (SSSR count). The number of carbonyl (C=O) groups excluding carboxylic acids is 1. The molecule has 0 spiro atoms. The van der Waals surface area contributed by atoms with Crippen molar-refractivity contribution >= 4 is 5.91 Å². The Balaban J connectivity index is 1.86. The van der Waals surface area contributed by atoms with Crippen molar-refractivity contribution in [3.63, 3.8) is 0 Å². The monoisotopic (exact) mass is 258 g/mol. The van der Waals surface area contributed by atoms with Gasteiger partial charge >= 0.3 is 0 Å². The predicted octanol–water partition coefficient (Wildman–Crippen LogP) is 2.79. The molecular formula is C16H22N2O. The second-order valence-corrected chi connectivity index (χ2v) is 5.56. The zero-order valence-electron chi connectivity index (χ0n) is 11.6. The fourth-order valence-corrected chi connectivity index (χ4v) is 3.41. The molecular weight excluding hydrogens is 236 g/mol. The van der Waals surface area contributed by atoms with Crippen LogP contribution in [0.2, 0.25) is 0 Å². The third-order valence-electron chi connectivity index (χ3n) is 4.34. The highest BCUT2D eigenvalue weighted by atomic mass is 16.2. The summed E-state index contributed by atoms with van der Waals surface area (Å²) < 4.78 is 0. The van der Waals surface area contributed by atoms with Crippen LogP contribution in [0.25, 0.3) is 0 Å². The fraction of sp³-hybridized carbons (Fsp3) is 0.562. The van der Waals surface area contributed by atoms with Crippen molar-refractivity contribution in [2.45, 2.75) is 44.8 Å². The third-order valence-corrected chi connectivity index (χ3v) is 4.34. The van der Waals surface area contributed by atoms with E-state index in [2.05, 4.69) is 28.9 Å². The Morgan fingerprint density at radius 1 is 1.26 bits per heavy atom. The summed E-state index contributed by atoms with van der Waals surface area (Å²) in [6.07, 6.45) is 4.96. The van der Waals surface area contributed by atoms with E-state index < -0.39 is 0 Å². The van der Waals surface area contributed by atoms with Gasteiger partial charge in [0.1, 0.15) is 6.04 Å². The average molecular weight is 258 g/mol. The lowest BCUT2D eigenvalue weighted by Gasteiger charge is -2.24. The van der Waals surface area contributed by atoms with Crippen molar-refractivity contribution in [1.82, 2.24) is 9.80 Å². The van der Waals surface area contributed by atoms with Crippen molar-refractivity contribution in [3.8, 4) is 0 Å². The Hall–Kier alpha value is -1.35. The Morgan fingerprint density at radius 3 is 2.79 bits per heavy atom. The SMILES string of the molecule is CCCCN1C(=O)[C@@H](c2ccccc2)N2CCC[C@H]12. The van der Waals surface area contributed by atoms with E-state index in [0.717, 1.165) is 37.9 Å². The van der Waals surface area contributed by atoms with Gasteiger partial charge < -0.3 is 4.90 Å². The quantitative estimate of drug-likeness (QED) is 0.829. The molecule has 2 saturated heterocycles. The summed E-state index contributed by atoms with van der Waals surface area (Å²) in [5.41, 5.74) is 1.15. The molecule has 0 saturated carbocycles.